The maximum absolute atomic E-state index is 12.3. The third kappa shape index (κ3) is 4.09. The summed E-state index contributed by atoms with van der Waals surface area (Å²) in [6.45, 7) is 2.82. The molecule has 0 aliphatic carbocycles. The number of methoxy groups -OCH3 is 1. The molecule has 0 unspecified atom stereocenters. The van der Waals surface area contributed by atoms with Gasteiger partial charge in [0.2, 0.25) is 5.82 Å². The molecular weight excluding hydrogens is 352 g/mol. The summed E-state index contributed by atoms with van der Waals surface area (Å²) in [6.07, 6.45) is 0. The van der Waals surface area contributed by atoms with Crippen molar-refractivity contribution in [3.63, 3.8) is 0 Å². The molecule has 0 bridgehead atoms. The van der Waals surface area contributed by atoms with Gasteiger partial charge in [0, 0.05) is 24.2 Å². The van der Waals surface area contributed by atoms with Crippen LogP contribution >= 0.6 is 11.6 Å². The van der Waals surface area contributed by atoms with E-state index in [0.717, 1.165) is 16.8 Å². The van der Waals surface area contributed by atoms with Crippen molar-refractivity contribution < 1.29 is 9.53 Å². The van der Waals surface area contributed by atoms with Crippen LogP contribution in [0.15, 0.2) is 48.5 Å². The smallest absolute Gasteiger partial charge is 0.291 e. The van der Waals surface area contributed by atoms with Gasteiger partial charge in [0.15, 0.2) is 5.82 Å². The Bertz CT molecular complexity index is 906. The number of amides is 1. The lowest BCUT2D eigenvalue weighted by Gasteiger charge is -2.06. The van der Waals surface area contributed by atoms with Crippen molar-refractivity contribution in [2.45, 2.75) is 6.92 Å². The lowest BCUT2D eigenvalue weighted by Crippen LogP contribution is -2.28. The number of nitrogens with one attached hydrogen (secondary N) is 1. The van der Waals surface area contributed by atoms with Crippen molar-refractivity contribution in [3.05, 3.63) is 64.9 Å². The van der Waals surface area contributed by atoms with Gasteiger partial charge in [-0.05, 0) is 48.9 Å². The van der Waals surface area contributed by atoms with E-state index in [9.17, 15) is 4.79 Å². The molecule has 1 amide bonds. The SMILES string of the molecule is COCCNC(=O)c1nc(-c2ccc(Cl)cc2)n(-c2cccc(C)c2)n1. The molecule has 0 spiro atoms. The zero-order valence-corrected chi connectivity index (χ0v) is 15.3. The monoisotopic (exact) mass is 370 g/mol. The zero-order valence-electron chi connectivity index (χ0n) is 14.6. The molecular formula is C19H19ClN4O2. The van der Waals surface area contributed by atoms with E-state index in [-0.39, 0.29) is 11.7 Å². The number of aromatic nitrogens is 3. The van der Waals surface area contributed by atoms with Crippen molar-refractivity contribution in [2.24, 2.45) is 0 Å². The summed E-state index contributed by atoms with van der Waals surface area (Å²) >= 11 is 5.98. The summed E-state index contributed by atoms with van der Waals surface area (Å²) < 4.78 is 6.61. The van der Waals surface area contributed by atoms with Gasteiger partial charge in [0.25, 0.3) is 5.91 Å². The molecule has 0 aliphatic rings. The minimum absolute atomic E-state index is 0.104. The minimum atomic E-state index is -0.344. The molecule has 3 rings (SSSR count). The van der Waals surface area contributed by atoms with Gasteiger partial charge in [-0.2, -0.15) is 0 Å². The Labute approximate surface area is 156 Å². The number of hydrogen-bond donors (Lipinski definition) is 1. The maximum atomic E-state index is 12.3. The summed E-state index contributed by atoms with van der Waals surface area (Å²) in [5, 5.41) is 7.79. The van der Waals surface area contributed by atoms with Crippen LogP contribution in [0.25, 0.3) is 17.1 Å². The molecule has 1 aromatic heterocycles. The lowest BCUT2D eigenvalue weighted by molar-refractivity contribution is 0.0927. The fourth-order valence-electron chi connectivity index (χ4n) is 2.48. The molecule has 0 atom stereocenters. The fourth-order valence-corrected chi connectivity index (χ4v) is 2.61. The highest BCUT2D eigenvalue weighted by Crippen LogP contribution is 2.23. The molecule has 26 heavy (non-hydrogen) atoms. The lowest BCUT2D eigenvalue weighted by atomic mass is 10.2. The van der Waals surface area contributed by atoms with Gasteiger partial charge in [-0.15, -0.1) is 5.10 Å². The second-order valence-electron chi connectivity index (χ2n) is 5.77. The van der Waals surface area contributed by atoms with Crippen molar-refractivity contribution in [2.75, 3.05) is 20.3 Å². The Balaban J connectivity index is 2.03. The van der Waals surface area contributed by atoms with Crippen LogP contribution in [-0.4, -0.2) is 40.9 Å². The van der Waals surface area contributed by atoms with E-state index in [1.165, 1.54) is 0 Å². The predicted octanol–water partition coefficient (Wildman–Crippen LogP) is 3.27. The van der Waals surface area contributed by atoms with E-state index in [1.807, 2.05) is 43.3 Å². The Hall–Kier alpha value is -2.70. The van der Waals surface area contributed by atoms with E-state index in [0.29, 0.717) is 24.0 Å². The van der Waals surface area contributed by atoms with Gasteiger partial charge in [-0.1, -0.05) is 23.7 Å². The standard InChI is InChI=1S/C19H19ClN4O2/c1-13-4-3-5-16(12-13)24-18(14-6-8-15(20)9-7-14)22-17(23-24)19(25)21-10-11-26-2/h3-9,12H,10-11H2,1-2H3,(H,21,25). The average molecular weight is 371 g/mol. The van der Waals surface area contributed by atoms with Gasteiger partial charge in [-0.25, -0.2) is 9.67 Å². The molecule has 1 heterocycles. The first kappa shape index (κ1) is 18.1. The van der Waals surface area contributed by atoms with Crippen LogP contribution in [0.5, 0.6) is 0 Å². The molecule has 3 aromatic rings. The van der Waals surface area contributed by atoms with Crippen LogP contribution in [0.3, 0.4) is 0 Å². The Morgan fingerprint density at radius 3 is 2.69 bits per heavy atom. The van der Waals surface area contributed by atoms with Crippen LogP contribution in [-0.2, 0) is 4.74 Å². The molecule has 0 aliphatic heterocycles. The van der Waals surface area contributed by atoms with Crippen molar-refractivity contribution in [1.29, 1.82) is 0 Å². The van der Waals surface area contributed by atoms with E-state index in [2.05, 4.69) is 15.4 Å². The van der Waals surface area contributed by atoms with Gasteiger partial charge < -0.3 is 10.1 Å². The molecule has 0 radical (unpaired) electrons. The highest BCUT2D eigenvalue weighted by molar-refractivity contribution is 6.30. The summed E-state index contributed by atoms with van der Waals surface area (Å²) in [6, 6.07) is 15.1. The third-order valence-corrected chi connectivity index (χ3v) is 4.00. The predicted molar refractivity (Wildman–Crippen MR) is 101 cm³/mol. The topological polar surface area (TPSA) is 69.0 Å². The van der Waals surface area contributed by atoms with Crippen LogP contribution < -0.4 is 5.32 Å². The number of hydrogen-bond acceptors (Lipinski definition) is 4. The first-order valence-corrected chi connectivity index (χ1v) is 8.53. The minimum Gasteiger partial charge on any atom is -0.383 e. The third-order valence-electron chi connectivity index (χ3n) is 3.75. The molecule has 7 heteroatoms. The zero-order chi connectivity index (χ0) is 18.5. The van der Waals surface area contributed by atoms with E-state index in [1.54, 1.807) is 23.9 Å². The molecule has 0 fully saturated rings. The van der Waals surface area contributed by atoms with Crippen LogP contribution in [0.4, 0.5) is 0 Å². The molecule has 134 valence electrons. The second-order valence-corrected chi connectivity index (χ2v) is 6.20. The molecule has 0 saturated carbocycles. The van der Waals surface area contributed by atoms with E-state index in [4.69, 9.17) is 16.3 Å². The summed E-state index contributed by atoms with van der Waals surface area (Å²) in [5.74, 6) is 0.334. The molecule has 0 saturated heterocycles. The number of nitrogens with zero attached hydrogens (tertiary/aromatic N) is 3. The molecule has 1 N–H and O–H groups in total. The van der Waals surface area contributed by atoms with Gasteiger partial charge in [-0.3, -0.25) is 4.79 Å². The second kappa shape index (κ2) is 8.12. The number of carbonyl (C=O) groups excluding carboxylic acids is 1. The van der Waals surface area contributed by atoms with Gasteiger partial charge in [0.05, 0.1) is 12.3 Å². The number of halogens is 1. The highest BCUT2D eigenvalue weighted by Gasteiger charge is 2.18. The Morgan fingerprint density at radius 1 is 1.23 bits per heavy atom. The first-order chi connectivity index (χ1) is 12.6. The summed E-state index contributed by atoms with van der Waals surface area (Å²) in [7, 11) is 1.58. The van der Waals surface area contributed by atoms with Crippen LogP contribution in [0.1, 0.15) is 16.2 Å². The molecule has 6 nitrogen and oxygen atoms in total. The fraction of sp³-hybridized carbons (Fsp3) is 0.211. The Morgan fingerprint density at radius 2 is 2.00 bits per heavy atom. The van der Waals surface area contributed by atoms with Crippen molar-refractivity contribution in [3.8, 4) is 17.1 Å². The number of benzene rings is 2. The maximum Gasteiger partial charge on any atom is 0.291 e. The number of carbonyl (C=O) groups is 1. The quantitative estimate of drug-likeness (QED) is 0.676. The van der Waals surface area contributed by atoms with E-state index < -0.39 is 0 Å². The largest absolute Gasteiger partial charge is 0.383 e. The van der Waals surface area contributed by atoms with Crippen LogP contribution in [0, 0.1) is 6.92 Å². The summed E-state index contributed by atoms with van der Waals surface area (Å²) in [4.78, 5) is 16.8. The van der Waals surface area contributed by atoms with Crippen molar-refractivity contribution in [1.82, 2.24) is 20.1 Å². The molecule has 2 aromatic carbocycles. The highest BCUT2D eigenvalue weighted by atomic mass is 35.5. The first-order valence-electron chi connectivity index (χ1n) is 8.15. The van der Waals surface area contributed by atoms with Crippen molar-refractivity contribution >= 4 is 17.5 Å². The Kier molecular flexibility index (Phi) is 5.65. The number of aryl methyl sites for hydroxylation is 1. The average Bonchev–Trinajstić information content (AvgIpc) is 3.08. The van der Waals surface area contributed by atoms with Crippen LogP contribution in [0.2, 0.25) is 5.02 Å². The normalized spacial score (nSPS) is 10.7. The van der Waals surface area contributed by atoms with Gasteiger partial charge in [0.1, 0.15) is 0 Å². The van der Waals surface area contributed by atoms with Gasteiger partial charge >= 0.3 is 0 Å². The summed E-state index contributed by atoms with van der Waals surface area (Å²) in [5.41, 5.74) is 2.74. The van der Waals surface area contributed by atoms with E-state index >= 15 is 0 Å². The number of ether oxygens (including phenoxy) is 1. The number of rotatable bonds is 6.